The van der Waals surface area contributed by atoms with Gasteiger partial charge in [-0.3, -0.25) is 9.59 Å². The first-order valence-corrected chi connectivity index (χ1v) is 10.3. The maximum Gasteiger partial charge on any atom is 0.296 e. The van der Waals surface area contributed by atoms with E-state index in [9.17, 15) is 14.7 Å². The number of halogens is 1. The lowest BCUT2D eigenvalue weighted by Crippen LogP contribution is -2.29. The van der Waals surface area contributed by atoms with Crippen LogP contribution >= 0.6 is 11.6 Å². The van der Waals surface area contributed by atoms with Crippen molar-refractivity contribution in [1.29, 1.82) is 0 Å². The van der Waals surface area contributed by atoms with Gasteiger partial charge in [0.15, 0.2) is 0 Å². The van der Waals surface area contributed by atoms with E-state index in [-0.39, 0.29) is 17.9 Å². The predicted octanol–water partition coefficient (Wildman–Crippen LogP) is 5.12. The van der Waals surface area contributed by atoms with Crippen molar-refractivity contribution >= 4 is 29.1 Å². The number of furan rings is 1. The van der Waals surface area contributed by atoms with Crippen LogP contribution in [0.1, 0.15) is 22.9 Å². The van der Waals surface area contributed by atoms with Crippen LogP contribution in [0.4, 0.5) is 0 Å². The van der Waals surface area contributed by atoms with Crippen LogP contribution in [-0.2, 0) is 16.1 Å². The Bertz CT molecular complexity index is 1180. The molecule has 1 unspecified atom stereocenters. The van der Waals surface area contributed by atoms with Gasteiger partial charge in [-0.2, -0.15) is 0 Å². The number of ether oxygens (including phenoxy) is 1. The third-order valence-corrected chi connectivity index (χ3v) is 5.36. The molecule has 1 aromatic heterocycles. The van der Waals surface area contributed by atoms with Crippen LogP contribution in [-0.4, -0.2) is 28.3 Å². The van der Waals surface area contributed by atoms with E-state index in [4.69, 9.17) is 20.8 Å². The van der Waals surface area contributed by atoms with Gasteiger partial charge in [0.25, 0.3) is 11.7 Å². The van der Waals surface area contributed by atoms with Crippen molar-refractivity contribution in [2.24, 2.45) is 0 Å². The second-order valence-corrected chi connectivity index (χ2v) is 7.62. The summed E-state index contributed by atoms with van der Waals surface area (Å²) in [6.07, 6.45) is 3.12. The molecule has 162 valence electrons. The number of likely N-dealkylation sites (tertiary alicyclic amines) is 1. The van der Waals surface area contributed by atoms with Gasteiger partial charge < -0.3 is 19.2 Å². The first-order valence-electron chi connectivity index (χ1n) is 9.90. The monoisotopic (exact) mass is 449 g/mol. The van der Waals surface area contributed by atoms with Crippen LogP contribution in [0, 0.1) is 0 Å². The maximum absolute atomic E-state index is 13.1. The summed E-state index contributed by atoms with van der Waals surface area (Å²) < 4.78 is 11.0. The van der Waals surface area contributed by atoms with Crippen molar-refractivity contribution < 1.29 is 23.8 Å². The summed E-state index contributed by atoms with van der Waals surface area (Å²) in [5.41, 5.74) is 0.993. The molecule has 1 saturated heterocycles. The van der Waals surface area contributed by atoms with E-state index in [0.29, 0.717) is 34.3 Å². The van der Waals surface area contributed by atoms with Crippen LogP contribution < -0.4 is 4.74 Å². The summed E-state index contributed by atoms with van der Waals surface area (Å²) in [6.45, 7) is 4.01. The number of ketones is 1. The van der Waals surface area contributed by atoms with Gasteiger partial charge in [-0.1, -0.05) is 36.4 Å². The highest BCUT2D eigenvalue weighted by molar-refractivity contribution is 6.46. The molecular weight excluding hydrogens is 430 g/mol. The summed E-state index contributed by atoms with van der Waals surface area (Å²) in [7, 11) is 0. The SMILES string of the molecule is C=CCOc1cccc(C2C(=C(O)c3ccc(Cl)cc3)C(=O)C(=O)N2Cc2ccco2)c1. The van der Waals surface area contributed by atoms with Crippen LogP contribution in [0.5, 0.6) is 5.75 Å². The van der Waals surface area contributed by atoms with Gasteiger partial charge in [-0.15, -0.1) is 0 Å². The fourth-order valence-electron chi connectivity index (χ4n) is 3.65. The lowest BCUT2D eigenvalue weighted by Gasteiger charge is -2.25. The number of carbonyl (C=O) groups excluding carboxylic acids is 2. The Hall–Kier alpha value is -3.77. The van der Waals surface area contributed by atoms with Crippen molar-refractivity contribution in [2.45, 2.75) is 12.6 Å². The summed E-state index contributed by atoms with van der Waals surface area (Å²) >= 11 is 5.96. The zero-order valence-electron chi connectivity index (χ0n) is 17.0. The first-order chi connectivity index (χ1) is 15.5. The second kappa shape index (κ2) is 9.16. The number of carbonyl (C=O) groups is 2. The average Bonchev–Trinajstić information content (AvgIpc) is 3.40. The van der Waals surface area contributed by atoms with Crippen molar-refractivity contribution in [3.05, 3.63) is 107 Å². The van der Waals surface area contributed by atoms with E-state index in [0.717, 1.165) is 0 Å². The minimum absolute atomic E-state index is 0.00949. The average molecular weight is 450 g/mol. The van der Waals surface area contributed by atoms with Gasteiger partial charge in [0.2, 0.25) is 0 Å². The maximum atomic E-state index is 13.1. The van der Waals surface area contributed by atoms with Gasteiger partial charge >= 0.3 is 0 Å². The third-order valence-electron chi connectivity index (χ3n) is 5.11. The molecule has 7 heteroatoms. The normalized spacial score (nSPS) is 17.5. The van der Waals surface area contributed by atoms with Gasteiger partial charge in [-0.05, 0) is 54.1 Å². The van der Waals surface area contributed by atoms with Crippen molar-refractivity contribution in [3.63, 3.8) is 0 Å². The Morgan fingerprint density at radius 1 is 1.16 bits per heavy atom. The Morgan fingerprint density at radius 3 is 2.62 bits per heavy atom. The summed E-state index contributed by atoms with van der Waals surface area (Å²) in [5, 5.41) is 11.5. The third kappa shape index (κ3) is 4.18. The molecule has 2 aromatic carbocycles. The minimum atomic E-state index is -0.831. The van der Waals surface area contributed by atoms with Crippen molar-refractivity contribution in [1.82, 2.24) is 4.90 Å². The van der Waals surface area contributed by atoms with E-state index in [1.54, 1.807) is 66.7 Å². The highest BCUT2D eigenvalue weighted by Crippen LogP contribution is 2.41. The van der Waals surface area contributed by atoms with Crippen LogP contribution in [0.25, 0.3) is 5.76 Å². The number of nitrogens with zero attached hydrogens (tertiary/aromatic N) is 1. The molecule has 0 spiro atoms. The van der Waals surface area contributed by atoms with Crippen LogP contribution in [0.3, 0.4) is 0 Å². The van der Waals surface area contributed by atoms with Crippen molar-refractivity contribution in [3.8, 4) is 5.75 Å². The quantitative estimate of drug-likeness (QED) is 0.234. The Kier molecular flexibility index (Phi) is 6.14. The first kappa shape index (κ1) is 21.5. The fraction of sp³-hybridized carbons (Fsp3) is 0.120. The zero-order valence-corrected chi connectivity index (χ0v) is 17.8. The molecule has 1 aliphatic heterocycles. The Labute approximate surface area is 190 Å². The number of Topliss-reactive ketones (excluding diaryl/α,β-unsaturated/α-hetero) is 1. The van der Waals surface area contributed by atoms with E-state index < -0.39 is 17.7 Å². The highest BCUT2D eigenvalue weighted by atomic mass is 35.5. The molecule has 1 N–H and O–H groups in total. The lowest BCUT2D eigenvalue weighted by molar-refractivity contribution is -0.140. The fourth-order valence-corrected chi connectivity index (χ4v) is 3.78. The van der Waals surface area contributed by atoms with Gasteiger partial charge in [-0.25, -0.2) is 0 Å². The number of amides is 1. The minimum Gasteiger partial charge on any atom is -0.507 e. The largest absolute Gasteiger partial charge is 0.507 e. The molecule has 2 heterocycles. The standard InChI is InChI=1S/C25H20ClNO5/c1-2-12-31-19-6-3-5-17(14-19)22-21(23(28)16-8-10-18(26)11-9-16)24(29)25(30)27(22)15-20-7-4-13-32-20/h2-11,13-14,22,28H,1,12,15H2. The molecule has 1 aliphatic rings. The van der Waals surface area contributed by atoms with Crippen LogP contribution in [0.15, 0.2) is 89.6 Å². The van der Waals surface area contributed by atoms with E-state index in [1.807, 2.05) is 0 Å². The van der Waals surface area contributed by atoms with E-state index in [1.165, 1.54) is 11.2 Å². The van der Waals surface area contributed by atoms with Crippen molar-refractivity contribution in [2.75, 3.05) is 6.61 Å². The molecule has 0 saturated carbocycles. The highest BCUT2D eigenvalue weighted by Gasteiger charge is 2.46. The number of benzene rings is 2. The van der Waals surface area contributed by atoms with E-state index in [2.05, 4.69) is 6.58 Å². The molecule has 3 aromatic rings. The summed E-state index contributed by atoms with van der Waals surface area (Å²) in [4.78, 5) is 27.4. The number of aliphatic hydroxyl groups is 1. The molecular formula is C25H20ClNO5. The molecule has 6 nitrogen and oxygen atoms in total. The topological polar surface area (TPSA) is 80.0 Å². The number of hydrogen-bond donors (Lipinski definition) is 1. The molecule has 32 heavy (non-hydrogen) atoms. The smallest absolute Gasteiger partial charge is 0.296 e. The van der Waals surface area contributed by atoms with Crippen LogP contribution in [0.2, 0.25) is 5.02 Å². The van der Waals surface area contributed by atoms with Gasteiger partial charge in [0.1, 0.15) is 23.9 Å². The molecule has 1 fully saturated rings. The zero-order chi connectivity index (χ0) is 22.7. The molecule has 4 rings (SSSR count). The lowest BCUT2D eigenvalue weighted by atomic mass is 9.95. The number of hydrogen-bond acceptors (Lipinski definition) is 5. The Morgan fingerprint density at radius 2 is 1.94 bits per heavy atom. The molecule has 1 amide bonds. The number of aliphatic hydroxyl groups excluding tert-OH is 1. The number of rotatable bonds is 7. The van der Waals surface area contributed by atoms with Gasteiger partial charge in [0, 0.05) is 10.6 Å². The summed E-state index contributed by atoms with van der Waals surface area (Å²) in [6, 6.07) is 16.1. The summed E-state index contributed by atoms with van der Waals surface area (Å²) in [5.74, 6) is -0.699. The van der Waals surface area contributed by atoms with Gasteiger partial charge in [0.05, 0.1) is 24.4 Å². The predicted molar refractivity (Wildman–Crippen MR) is 120 cm³/mol. The second-order valence-electron chi connectivity index (χ2n) is 7.19. The molecule has 0 aliphatic carbocycles. The molecule has 1 atom stereocenters. The van der Waals surface area contributed by atoms with E-state index >= 15 is 0 Å². The Balaban J connectivity index is 1.84. The molecule has 0 radical (unpaired) electrons. The molecule has 0 bridgehead atoms.